The fourth-order valence-corrected chi connectivity index (χ4v) is 3.58. The summed E-state index contributed by atoms with van der Waals surface area (Å²) < 4.78 is 0. The van der Waals surface area contributed by atoms with E-state index in [0.29, 0.717) is 17.4 Å². The quantitative estimate of drug-likeness (QED) is 0.906. The highest BCUT2D eigenvalue weighted by molar-refractivity contribution is 6.01. The zero-order chi connectivity index (χ0) is 17.3. The first-order valence-electron chi connectivity index (χ1n) is 8.56. The smallest absolute Gasteiger partial charge is 0.340 e. The zero-order valence-corrected chi connectivity index (χ0v) is 14.5. The number of carbonyl (C=O) groups is 1. The van der Waals surface area contributed by atoms with Gasteiger partial charge < -0.3 is 10.0 Å². The summed E-state index contributed by atoms with van der Waals surface area (Å²) in [4.78, 5) is 18.9. The van der Waals surface area contributed by atoms with Crippen molar-refractivity contribution < 1.29 is 9.90 Å². The Balaban J connectivity index is 2.23. The predicted molar refractivity (Wildman–Crippen MR) is 96.8 cm³/mol. The number of piperidine rings is 1. The van der Waals surface area contributed by atoms with Gasteiger partial charge in [-0.15, -0.1) is 0 Å². The number of anilines is 1. The number of aromatic carboxylic acids is 1. The van der Waals surface area contributed by atoms with Gasteiger partial charge in [0, 0.05) is 23.8 Å². The van der Waals surface area contributed by atoms with Gasteiger partial charge in [-0.1, -0.05) is 24.3 Å². The Morgan fingerprint density at radius 1 is 1.21 bits per heavy atom. The Hall–Kier alpha value is -2.36. The van der Waals surface area contributed by atoms with Crippen molar-refractivity contribution in [1.29, 1.82) is 0 Å². The molecule has 2 aromatic rings. The van der Waals surface area contributed by atoms with Gasteiger partial charge in [-0.3, -0.25) is 0 Å². The fourth-order valence-electron chi connectivity index (χ4n) is 3.58. The first-order chi connectivity index (χ1) is 11.5. The molecule has 2 heterocycles. The second kappa shape index (κ2) is 6.63. The number of nitrogens with zero attached hydrogens (tertiary/aromatic N) is 2. The molecule has 4 heteroatoms. The van der Waals surface area contributed by atoms with Crippen molar-refractivity contribution in [2.24, 2.45) is 0 Å². The van der Waals surface area contributed by atoms with Crippen LogP contribution in [0.4, 0.5) is 5.82 Å². The number of aromatic nitrogens is 1. The van der Waals surface area contributed by atoms with Gasteiger partial charge in [0.15, 0.2) is 0 Å². The maximum atomic E-state index is 12.1. The van der Waals surface area contributed by atoms with Gasteiger partial charge in [-0.05, 0) is 57.2 Å². The van der Waals surface area contributed by atoms with Gasteiger partial charge in [-0.2, -0.15) is 0 Å². The van der Waals surface area contributed by atoms with Crippen molar-refractivity contribution in [3.63, 3.8) is 0 Å². The first-order valence-corrected chi connectivity index (χ1v) is 8.56. The minimum absolute atomic E-state index is 0.316. The van der Waals surface area contributed by atoms with Crippen molar-refractivity contribution >= 4 is 11.8 Å². The van der Waals surface area contributed by atoms with E-state index < -0.39 is 5.97 Å². The lowest BCUT2D eigenvalue weighted by Crippen LogP contribution is -2.39. The number of hydrogen-bond donors (Lipinski definition) is 1. The largest absolute Gasteiger partial charge is 0.478 e. The second-order valence-electron chi connectivity index (χ2n) is 6.67. The molecular formula is C20H24N2O2. The maximum absolute atomic E-state index is 12.1. The van der Waals surface area contributed by atoms with Crippen LogP contribution in [0.2, 0.25) is 0 Å². The molecule has 1 saturated heterocycles. The molecule has 1 unspecified atom stereocenters. The third-order valence-electron chi connectivity index (χ3n) is 4.85. The Morgan fingerprint density at radius 2 is 1.96 bits per heavy atom. The van der Waals surface area contributed by atoms with Gasteiger partial charge in [0.05, 0.1) is 0 Å². The van der Waals surface area contributed by atoms with Crippen molar-refractivity contribution in [2.45, 2.75) is 46.1 Å². The van der Waals surface area contributed by atoms with Gasteiger partial charge in [0.2, 0.25) is 0 Å². The second-order valence-corrected chi connectivity index (χ2v) is 6.67. The minimum Gasteiger partial charge on any atom is -0.478 e. The van der Waals surface area contributed by atoms with Gasteiger partial charge in [-0.25, -0.2) is 9.78 Å². The minimum atomic E-state index is -0.909. The van der Waals surface area contributed by atoms with Crippen LogP contribution in [0.25, 0.3) is 11.1 Å². The van der Waals surface area contributed by atoms with Crippen LogP contribution in [-0.2, 0) is 0 Å². The topological polar surface area (TPSA) is 53.4 Å². The molecule has 0 bridgehead atoms. The Kier molecular flexibility index (Phi) is 4.56. The maximum Gasteiger partial charge on any atom is 0.340 e. The molecule has 24 heavy (non-hydrogen) atoms. The summed E-state index contributed by atoms with van der Waals surface area (Å²) in [6.45, 7) is 6.97. The van der Waals surface area contributed by atoms with Gasteiger partial charge in [0.1, 0.15) is 11.4 Å². The van der Waals surface area contributed by atoms with E-state index in [9.17, 15) is 9.90 Å². The number of carboxylic acid groups (broad SMARTS) is 1. The van der Waals surface area contributed by atoms with Gasteiger partial charge >= 0.3 is 5.97 Å². The van der Waals surface area contributed by atoms with Crippen molar-refractivity contribution in [1.82, 2.24) is 4.98 Å². The van der Waals surface area contributed by atoms with E-state index in [0.717, 1.165) is 41.8 Å². The highest BCUT2D eigenvalue weighted by Crippen LogP contribution is 2.35. The number of pyridine rings is 1. The third-order valence-corrected chi connectivity index (χ3v) is 4.85. The monoisotopic (exact) mass is 324 g/mol. The highest BCUT2D eigenvalue weighted by atomic mass is 16.4. The lowest BCUT2D eigenvalue weighted by molar-refractivity contribution is 0.0698. The third kappa shape index (κ3) is 3.01. The lowest BCUT2D eigenvalue weighted by atomic mass is 9.94. The summed E-state index contributed by atoms with van der Waals surface area (Å²) >= 11 is 0. The molecule has 1 aromatic carbocycles. The molecule has 4 nitrogen and oxygen atoms in total. The van der Waals surface area contributed by atoms with Crippen molar-refractivity contribution in [3.05, 3.63) is 47.2 Å². The van der Waals surface area contributed by atoms with Crippen LogP contribution in [-0.4, -0.2) is 28.6 Å². The summed E-state index contributed by atoms with van der Waals surface area (Å²) in [6, 6.07) is 10.1. The summed E-state index contributed by atoms with van der Waals surface area (Å²) in [5.74, 6) is -0.290. The number of benzene rings is 1. The zero-order valence-electron chi connectivity index (χ0n) is 14.5. The Morgan fingerprint density at radius 3 is 2.62 bits per heavy atom. The fraction of sp³-hybridized carbons (Fsp3) is 0.400. The average molecular weight is 324 g/mol. The molecule has 3 rings (SSSR count). The number of rotatable bonds is 3. The number of hydrogen-bond acceptors (Lipinski definition) is 3. The van der Waals surface area contributed by atoms with Crippen LogP contribution < -0.4 is 4.90 Å². The molecule has 1 atom stereocenters. The Bertz CT molecular complexity index is 770. The molecule has 126 valence electrons. The van der Waals surface area contributed by atoms with Crippen molar-refractivity contribution in [2.75, 3.05) is 11.4 Å². The van der Waals surface area contributed by atoms with E-state index in [1.54, 1.807) is 0 Å². The molecule has 0 radical (unpaired) electrons. The summed E-state index contributed by atoms with van der Waals surface area (Å²) in [6.07, 6.45) is 3.35. The Labute approximate surface area is 143 Å². The molecule has 0 saturated carbocycles. The van der Waals surface area contributed by atoms with Crippen LogP contribution >= 0.6 is 0 Å². The SMILES string of the molecule is Cc1cc(-c2ccccc2C)c(C(=O)O)c(N2CCCCC2C)n1. The lowest BCUT2D eigenvalue weighted by Gasteiger charge is -2.35. The van der Waals surface area contributed by atoms with E-state index >= 15 is 0 Å². The van der Waals surface area contributed by atoms with E-state index in [4.69, 9.17) is 0 Å². The van der Waals surface area contributed by atoms with Crippen LogP contribution in [0.3, 0.4) is 0 Å². The molecule has 0 amide bonds. The molecule has 0 aliphatic carbocycles. The van der Waals surface area contributed by atoms with Crippen LogP contribution in [0.5, 0.6) is 0 Å². The summed E-state index contributed by atoms with van der Waals surface area (Å²) in [7, 11) is 0. The van der Waals surface area contributed by atoms with Gasteiger partial charge in [0.25, 0.3) is 0 Å². The average Bonchev–Trinajstić information content (AvgIpc) is 2.54. The van der Waals surface area contributed by atoms with Crippen LogP contribution in [0, 0.1) is 13.8 Å². The predicted octanol–water partition coefficient (Wildman–Crippen LogP) is 4.44. The molecule has 1 N–H and O–H groups in total. The number of aryl methyl sites for hydroxylation is 2. The molecule has 0 spiro atoms. The summed E-state index contributed by atoms with van der Waals surface area (Å²) in [5.41, 5.74) is 3.98. The molecule has 1 fully saturated rings. The molecule has 1 aromatic heterocycles. The standard InChI is InChI=1S/C20H24N2O2/c1-13-8-4-5-10-16(13)17-12-14(2)21-19(18(17)20(23)24)22-11-7-6-9-15(22)3/h4-5,8,10,12,15H,6-7,9,11H2,1-3H3,(H,23,24). The van der Waals surface area contributed by atoms with E-state index in [-0.39, 0.29) is 0 Å². The van der Waals surface area contributed by atoms with E-state index in [1.165, 1.54) is 6.42 Å². The number of carboxylic acids is 1. The molecule has 1 aliphatic heterocycles. The van der Waals surface area contributed by atoms with Crippen LogP contribution in [0.1, 0.15) is 47.8 Å². The molecular weight excluding hydrogens is 300 g/mol. The van der Waals surface area contributed by atoms with E-state index in [2.05, 4.69) is 16.8 Å². The normalized spacial score (nSPS) is 17.8. The van der Waals surface area contributed by atoms with E-state index in [1.807, 2.05) is 44.2 Å². The summed E-state index contributed by atoms with van der Waals surface area (Å²) in [5, 5.41) is 9.94. The first kappa shape index (κ1) is 16.5. The van der Waals surface area contributed by atoms with Crippen LogP contribution in [0.15, 0.2) is 30.3 Å². The van der Waals surface area contributed by atoms with Crippen molar-refractivity contribution in [3.8, 4) is 11.1 Å². The molecule has 1 aliphatic rings. The highest BCUT2D eigenvalue weighted by Gasteiger charge is 2.27.